The van der Waals surface area contributed by atoms with E-state index in [0.717, 1.165) is 6.42 Å². The number of hydrogen-bond acceptors (Lipinski definition) is 3. The first kappa shape index (κ1) is 14.5. The smallest absolute Gasteiger partial charge is 0.251 e. The van der Waals surface area contributed by atoms with Crippen molar-refractivity contribution in [3.63, 3.8) is 0 Å². The van der Waals surface area contributed by atoms with Gasteiger partial charge in [0.05, 0.1) is 0 Å². The highest BCUT2D eigenvalue weighted by atomic mass is 32.1. The van der Waals surface area contributed by atoms with Gasteiger partial charge in [-0.25, -0.2) is 4.39 Å². The lowest BCUT2D eigenvalue weighted by Gasteiger charge is -2.14. The molecular formula is C15H17FN2OS. The largest absolute Gasteiger partial charge is 0.398 e. The zero-order valence-corrected chi connectivity index (χ0v) is 12.3. The van der Waals surface area contributed by atoms with E-state index >= 15 is 0 Å². The van der Waals surface area contributed by atoms with Gasteiger partial charge in [0.2, 0.25) is 0 Å². The number of nitrogens with two attached hydrogens (primary N) is 1. The Hall–Kier alpha value is -1.88. The molecule has 1 amide bonds. The van der Waals surface area contributed by atoms with E-state index in [9.17, 15) is 9.18 Å². The van der Waals surface area contributed by atoms with Crippen molar-refractivity contribution in [1.29, 1.82) is 0 Å². The number of anilines is 1. The van der Waals surface area contributed by atoms with E-state index in [1.54, 1.807) is 18.3 Å². The Morgan fingerprint density at radius 3 is 2.85 bits per heavy atom. The van der Waals surface area contributed by atoms with Gasteiger partial charge in [-0.2, -0.15) is 11.3 Å². The van der Waals surface area contributed by atoms with Crippen LogP contribution in [0.1, 0.15) is 28.4 Å². The molecule has 106 valence electrons. The predicted molar refractivity (Wildman–Crippen MR) is 80.5 cm³/mol. The summed E-state index contributed by atoms with van der Waals surface area (Å²) in [5.41, 5.74) is 7.77. The van der Waals surface area contributed by atoms with Crippen LogP contribution >= 0.6 is 11.3 Å². The maximum absolute atomic E-state index is 13.6. The van der Waals surface area contributed by atoms with Crippen LogP contribution < -0.4 is 11.1 Å². The van der Waals surface area contributed by atoms with E-state index in [2.05, 4.69) is 5.32 Å². The summed E-state index contributed by atoms with van der Waals surface area (Å²) in [4.78, 5) is 12.1. The number of nitrogens with one attached hydrogen (secondary N) is 1. The molecule has 0 bridgehead atoms. The topological polar surface area (TPSA) is 55.1 Å². The van der Waals surface area contributed by atoms with Crippen molar-refractivity contribution in [2.24, 2.45) is 0 Å². The molecule has 0 spiro atoms. The van der Waals surface area contributed by atoms with E-state index in [4.69, 9.17) is 5.73 Å². The summed E-state index contributed by atoms with van der Waals surface area (Å²) in [5.74, 6) is -0.765. The van der Waals surface area contributed by atoms with E-state index in [1.807, 2.05) is 23.8 Å². The summed E-state index contributed by atoms with van der Waals surface area (Å²) in [6, 6.07) is 4.72. The number of benzene rings is 1. The van der Waals surface area contributed by atoms with Gasteiger partial charge in [0.25, 0.3) is 5.91 Å². The molecule has 0 radical (unpaired) electrons. The fourth-order valence-electron chi connectivity index (χ4n) is 1.95. The average molecular weight is 292 g/mol. The van der Waals surface area contributed by atoms with Crippen molar-refractivity contribution >= 4 is 22.9 Å². The van der Waals surface area contributed by atoms with Crippen LogP contribution in [0.2, 0.25) is 0 Å². The SMILES string of the molecule is Cc1c(N)cc(C(=O)NC(C)Cc2ccsc2)cc1F. The van der Waals surface area contributed by atoms with Crippen LogP contribution in [-0.2, 0) is 6.42 Å². The zero-order valence-electron chi connectivity index (χ0n) is 11.4. The van der Waals surface area contributed by atoms with E-state index in [1.165, 1.54) is 17.7 Å². The Bertz CT molecular complexity index is 587. The lowest BCUT2D eigenvalue weighted by molar-refractivity contribution is 0.0939. The molecule has 1 unspecified atom stereocenters. The van der Waals surface area contributed by atoms with Crippen molar-refractivity contribution in [3.05, 3.63) is 51.5 Å². The minimum absolute atomic E-state index is 0.0253. The van der Waals surface area contributed by atoms with Gasteiger partial charge in [0.15, 0.2) is 0 Å². The van der Waals surface area contributed by atoms with Crippen molar-refractivity contribution in [2.75, 3.05) is 5.73 Å². The Labute approximate surface area is 121 Å². The van der Waals surface area contributed by atoms with Gasteiger partial charge in [-0.15, -0.1) is 0 Å². The molecule has 3 nitrogen and oxygen atoms in total. The molecule has 2 aromatic rings. The number of amides is 1. The second-order valence-electron chi connectivity index (χ2n) is 4.88. The van der Waals surface area contributed by atoms with Crippen LogP contribution in [-0.4, -0.2) is 11.9 Å². The van der Waals surface area contributed by atoms with Crippen molar-refractivity contribution in [3.8, 4) is 0 Å². The molecular weight excluding hydrogens is 275 g/mol. The molecule has 0 saturated carbocycles. The fourth-order valence-corrected chi connectivity index (χ4v) is 2.63. The number of carbonyl (C=O) groups is 1. The summed E-state index contributed by atoms with van der Waals surface area (Å²) in [6.07, 6.45) is 0.749. The van der Waals surface area contributed by atoms with Crippen LogP contribution in [0, 0.1) is 12.7 Å². The highest BCUT2D eigenvalue weighted by Crippen LogP contribution is 2.17. The number of nitrogen functional groups attached to an aromatic ring is 1. The number of halogens is 1. The van der Waals surface area contributed by atoms with Gasteiger partial charge >= 0.3 is 0 Å². The summed E-state index contributed by atoms with van der Waals surface area (Å²) in [6.45, 7) is 3.51. The third-order valence-corrected chi connectivity index (χ3v) is 3.88. The standard InChI is InChI=1S/C15H17FN2OS/c1-9(5-11-3-4-20-8-11)18-15(19)12-6-13(16)10(2)14(17)7-12/h3-4,6-9H,5,17H2,1-2H3,(H,18,19). The van der Waals surface area contributed by atoms with Gasteiger partial charge < -0.3 is 11.1 Å². The number of rotatable bonds is 4. The minimum atomic E-state index is -0.458. The summed E-state index contributed by atoms with van der Waals surface area (Å²) in [5, 5.41) is 6.90. The average Bonchev–Trinajstić information content (AvgIpc) is 2.87. The van der Waals surface area contributed by atoms with Crippen molar-refractivity contribution < 1.29 is 9.18 Å². The predicted octanol–water partition coefficient (Wildman–Crippen LogP) is 3.14. The second kappa shape index (κ2) is 6.05. The molecule has 1 aromatic heterocycles. The Morgan fingerprint density at radius 1 is 1.50 bits per heavy atom. The summed E-state index contributed by atoms with van der Waals surface area (Å²) >= 11 is 1.62. The highest BCUT2D eigenvalue weighted by Gasteiger charge is 2.13. The molecule has 1 heterocycles. The van der Waals surface area contributed by atoms with Crippen molar-refractivity contribution in [1.82, 2.24) is 5.32 Å². The first-order valence-electron chi connectivity index (χ1n) is 6.35. The quantitative estimate of drug-likeness (QED) is 0.851. The highest BCUT2D eigenvalue weighted by molar-refractivity contribution is 7.07. The fraction of sp³-hybridized carbons (Fsp3) is 0.267. The zero-order chi connectivity index (χ0) is 14.7. The summed E-state index contributed by atoms with van der Waals surface area (Å²) < 4.78 is 13.6. The maximum atomic E-state index is 13.6. The molecule has 1 aromatic carbocycles. The van der Waals surface area contributed by atoms with Gasteiger partial charge in [-0.1, -0.05) is 0 Å². The van der Waals surface area contributed by atoms with Gasteiger partial charge in [-0.05, 0) is 54.8 Å². The van der Waals surface area contributed by atoms with Gasteiger partial charge in [-0.3, -0.25) is 4.79 Å². The summed E-state index contributed by atoms with van der Waals surface area (Å²) in [7, 11) is 0. The molecule has 3 N–H and O–H groups in total. The lowest BCUT2D eigenvalue weighted by Crippen LogP contribution is -2.34. The lowest BCUT2D eigenvalue weighted by atomic mass is 10.1. The second-order valence-corrected chi connectivity index (χ2v) is 5.66. The number of thiophene rings is 1. The minimum Gasteiger partial charge on any atom is -0.398 e. The first-order valence-corrected chi connectivity index (χ1v) is 7.29. The Balaban J connectivity index is 2.04. The van der Waals surface area contributed by atoms with Crippen LogP contribution in [0.5, 0.6) is 0 Å². The molecule has 0 aliphatic rings. The number of hydrogen-bond donors (Lipinski definition) is 2. The van der Waals surface area contributed by atoms with Gasteiger partial charge in [0.1, 0.15) is 5.82 Å². The van der Waals surface area contributed by atoms with E-state index < -0.39 is 5.82 Å². The first-order chi connectivity index (χ1) is 9.47. The third-order valence-electron chi connectivity index (χ3n) is 3.15. The molecule has 0 fully saturated rings. The molecule has 20 heavy (non-hydrogen) atoms. The van der Waals surface area contributed by atoms with Crippen molar-refractivity contribution in [2.45, 2.75) is 26.3 Å². The molecule has 1 atom stereocenters. The molecule has 2 rings (SSSR count). The maximum Gasteiger partial charge on any atom is 0.251 e. The number of carbonyl (C=O) groups excluding carboxylic acids is 1. The molecule has 0 aliphatic heterocycles. The Morgan fingerprint density at radius 2 is 2.25 bits per heavy atom. The third kappa shape index (κ3) is 3.36. The van der Waals surface area contributed by atoms with E-state index in [0.29, 0.717) is 11.3 Å². The van der Waals surface area contributed by atoms with Crippen LogP contribution in [0.25, 0.3) is 0 Å². The molecule has 5 heteroatoms. The van der Waals surface area contributed by atoms with Crippen LogP contribution in [0.4, 0.5) is 10.1 Å². The molecule has 0 saturated heterocycles. The van der Waals surface area contributed by atoms with Crippen LogP contribution in [0.3, 0.4) is 0 Å². The van der Waals surface area contributed by atoms with Crippen LogP contribution in [0.15, 0.2) is 29.0 Å². The monoisotopic (exact) mass is 292 g/mol. The molecule has 0 aliphatic carbocycles. The normalized spacial score (nSPS) is 12.2. The van der Waals surface area contributed by atoms with E-state index in [-0.39, 0.29) is 17.5 Å². The Kier molecular flexibility index (Phi) is 4.39. The van der Waals surface area contributed by atoms with Gasteiger partial charge in [0, 0.05) is 22.9 Å².